The van der Waals surface area contributed by atoms with Gasteiger partial charge in [-0.3, -0.25) is 0 Å². The van der Waals surface area contributed by atoms with Gasteiger partial charge in [-0.25, -0.2) is 4.39 Å². The minimum Gasteiger partial charge on any atom is -0.383 e. The van der Waals surface area contributed by atoms with Gasteiger partial charge in [-0.05, 0) is 23.6 Å². The van der Waals surface area contributed by atoms with Crippen LogP contribution in [0.25, 0.3) is 6.08 Å². The maximum Gasteiger partial charge on any atom is 0.123 e. The Hall–Kier alpha value is -1.19. The van der Waals surface area contributed by atoms with Gasteiger partial charge in [0.05, 0.1) is 6.61 Å². The predicted molar refractivity (Wildman–Crippen MR) is 74.0 cm³/mol. The third kappa shape index (κ3) is 5.43. The van der Waals surface area contributed by atoms with Gasteiger partial charge in [0.1, 0.15) is 5.82 Å². The highest BCUT2D eigenvalue weighted by molar-refractivity contribution is 5.53. The van der Waals surface area contributed by atoms with Crippen LogP contribution in [0.5, 0.6) is 0 Å². The number of nitrogens with one attached hydrogen (secondary N) is 1. The summed E-state index contributed by atoms with van der Waals surface area (Å²) < 4.78 is 18.1. The first kappa shape index (κ1) is 14.9. The standard InChI is InChI=1S/C15H22FNO/c1-12(2)14(11-17-7-8-18-3)9-13-5-4-6-15(16)10-13/h4-6,9-10,12,17H,7-8,11H2,1-3H3. The van der Waals surface area contributed by atoms with Crippen LogP contribution in [0.15, 0.2) is 29.8 Å². The molecule has 0 saturated heterocycles. The number of rotatable bonds is 7. The van der Waals surface area contributed by atoms with Gasteiger partial charge in [0.25, 0.3) is 0 Å². The second kappa shape index (κ2) is 8.01. The first-order chi connectivity index (χ1) is 8.63. The average molecular weight is 251 g/mol. The summed E-state index contributed by atoms with van der Waals surface area (Å²) in [5.74, 6) is 0.238. The predicted octanol–water partition coefficient (Wildman–Crippen LogP) is 3.10. The zero-order chi connectivity index (χ0) is 13.4. The van der Waals surface area contributed by atoms with Gasteiger partial charge >= 0.3 is 0 Å². The Morgan fingerprint density at radius 1 is 1.44 bits per heavy atom. The number of halogens is 1. The van der Waals surface area contributed by atoms with Crippen molar-refractivity contribution in [2.45, 2.75) is 13.8 Å². The Morgan fingerprint density at radius 2 is 2.22 bits per heavy atom. The Morgan fingerprint density at radius 3 is 2.83 bits per heavy atom. The minimum atomic E-state index is -0.195. The fraction of sp³-hybridized carbons (Fsp3) is 0.467. The summed E-state index contributed by atoms with van der Waals surface area (Å²) in [6, 6.07) is 6.67. The Labute approximate surface area is 109 Å². The second-order valence-corrected chi connectivity index (χ2v) is 4.60. The molecule has 0 aliphatic heterocycles. The van der Waals surface area contributed by atoms with E-state index in [0.29, 0.717) is 12.5 Å². The van der Waals surface area contributed by atoms with Crippen molar-refractivity contribution in [3.8, 4) is 0 Å². The van der Waals surface area contributed by atoms with E-state index in [1.54, 1.807) is 19.2 Å². The van der Waals surface area contributed by atoms with Gasteiger partial charge in [0.15, 0.2) is 0 Å². The van der Waals surface area contributed by atoms with Gasteiger partial charge in [-0.1, -0.05) is 37.6 Å². The third-order valence-corrected chi connectivity index (χ3v) is 2.75. The molecule has 0 bridgehead atoms. The number of hydrogen-bond acceptors (Lipinski definition) is 2. The normalized spacial score (nSPS) is 12.2. The quantitative estimate of drug-likeness (QED) is 0.752. The number of hydrogen-bond donors (Lipinski definition) is 1. The summed E-state index contributed by atoms with van der Waals surface area (Å²) in [7, 11) is 1.69. The van der Waals surface area contributed by atoms with Crippen molar-refractivity contribution in [3.63, 3.8) is 0 Å². The van der Waals surface area contributed by atoms with Crippen LogP contribution in [0.3, 0.4) is 0 Å². The SMILES string of the molecule is COCCNCC(=Cc1cccc(F)c1)C(C)C. The molecule has 1 N–H and O–H groups in total. The molecule has 2 nitrogen and oxygen atoms in total. The molecular weight excluding hydrogens is 229 g/mol. The van der Waals surface area contributed by atoms with Gasteiger partial charge < -0.3 is 10.1 Å². The third-order valence-electron chi connectivity index (χ3n) is 2.75. The van der Waals surface area contributed by atoms with Crippen LogP contribution < -0.4 is 5.32 Å². The molecule has 3 heteroatoms. The fourth-order valence-corrected chi connectivity index (χ4v) is 1.64. The van der Waals surface area contributed by atoms with E-state index in [0.717, 1.165) is 18.7 Å². The summed E-state index contributed by atoms with van der Waals surface area (Å²) >= 11 is 0. The molecule has 1 aromatic carbocycles. The molecule has 1 rings (SSSR count). The van der Waals surface area contributed by atoms with Crippen LogP contribution in [0, 0.1) is 11.7 Å². The Bertz CT molecular complexity index is 388. The van der Waals surface area contributed by atoms with Crippen LogP contribution >= 0.6 is 0 Å². The summed E-state index contributed by atoms with van der Waals surface area (Å²) in [5, 5.41) is 3.32. The van der Waals surface area contributed by atoms with Crippen molar-refractivity contribution >= 4 is 6.08 Å². The largest absolute Gasteiger partial charge is 0.383 e. The molecule has 0 amide bonds. The van der Waals surface area contributed by atoms with E-state index in [4.69, 9.17) is 4.74 Å². The molecule has 100 valence electrons. The van der Waals surface area contributed by atoms with Gasteiger partial charge in [-0.15, -0.1) is 0 Å². The van der Waals surface area contributed by atoms with E-state index in [1.165, 1.54) is 11.6 Å². The van der Waals surface area contributed by atoms with Crippen LogP contribution in [0.2, 0.25) is 0 Å². The average Bonchev–Trinajstić information content (AvgIpc) is 2.33. The second-order valence-electron chi connectivity index (χ2n) is 4.60. The smallest absolute Gasteiger partial charge is 0.123 e. The van der Waals surface area contributed by atoms with Crippen LogP contribution in [-0.2, 0) is 4.74 Å². The van der Waals surface area contributed by atoms with Crippen LogP contribution in [-0.4, -0.2) is 26.8 Å². The highest BCUT2D eigenvalue weighted by Gasteiger charge is 2.03. The van der Waals surface area contributed by atoms with Gasteiger partial charge in [0, 0.05) is 20.2 Å². The van der Waals surface area contributed by atoms with E-state index in [9.17, 15) is 4.39 Å². The Kier molecular flexibility index (Phi) is 6.61. The maximum atomic E-state index is 13.1. The monoisotopic (exact) mass is 251 g/mol. The lowest BCUT2D eigenvalue weighted by atomic mass is 10.00. The molecule has 0 fully saturated rings. The topological polar surface area (TPSA) is 21.3 Å². The molecule has 0 heterocycles. The maximum absolute atomic E-state index is 13.1. The zero-order valence-corrected chi connectivity index (χ0v) is 11.4. The lowest BCUT2D eigenvalue weighted by Gasteiger charge is -2.13. The van der Waals surface area contributed by atoms with E-state index >= 15 is 0 Å². The molecule has 0 saturated carbocycles. The van der Waals surface area contributed by atoms with E-state index in [2.05, 4.69) is 19.2 Å². The first-order valence-electron chi connectivity index (χ1n) is 6.29. The van der Waals surface area contributed by atoms with Crippen molar-refractivity contribution in [3.05, 3.63) is 41.2 Å². The van der Waals surface area contributed by atoms with Crippen LogP contribution in [0.4, 0.5) is 4.39 Å². The van der Waals surface area contributed by atoms with Crippen molar-refractivity contribution in [2.24, 2.45) is 5.92 Å². The van der Waals surface area contributed by atoms with Crippen molar-refractivity contribution in [2.75, 3.05) is 26.8 Å². The van der Waals surface area contributed by atoms with Gasteiger partial charge in [0.2, 0.25) is 0 Å². The summed E-state index contributed by atoms with van der Waals surface area (Å²) in [5.41, 5.74) is 2.17. The molecule has 0 aliphatic rings. The zero-order valence-electron chi connectivity index (χ0n) is 11.4. The summed E-state index contributed by atoms with van der Waals surface area (Å²) in [4.78, 5) is 0. The molecule has 18 heavy (non-hydrogen) atoms. The molecule has 0 aliphatic carbocycles. The summed E-state index contributed by atoms with van der Waals surface area (Å²) in [6.45, 7) is 6.61. The van der Waals surface area contributed by atoms with E-state index in [1.807, 2.05) is 12.1 Å². The lowest BCUT2D eigenvalue weighted by Crippen LogP contribution is -2.23. The molecule has 1 aromatic rings. The molecule has 0 aromatic heterocycles. The highest BCUT2D eigenvalue weighted by Crippen LogP contribution is 2.14. The number of methoxy groups -OCH3 is 1. The summed E-state index contributed by atoms with van der Waals surface area (Å²) in [6.07, 6.45) is 2.05. The minimum absolute atomic E-state index is 0.195. The molecular formula is C15H22FNO. The molecule has 0 spiro atoms. The van der Waals surface area contributed by atoms with Crippen molar-refractivity contribution in [1.82, 2.24) is 5.32 Å². The van der Waals surface area contributed by atoms with Gasteiger partial charge in [-0.2, -0.15) is 0 Å². The number of ether oxygens (including phenoxy) is 1. The lowest BCUT2D eigenvalue weighted by molar-refractivity contribution is 0.200. The Balaban J connectivity index is 2.66. The first-order valence-corrected chi connectivity index (χ1v) is 6.29. The van der Waals surface area contributed by atoms with Crippen molar-refractivity contribution < 1.29 is 9.13 Å². The van der Waals surface area contributed by atoms with Crippen molar-refractivity contribution in [1.29, 1.82) is 0 Å². The molecule has 0 radical (unpaired) electrons. The molecule has 0 unspecified atom stereocenters. The van der Waals surface area contributed by atoms with E-state index in [-0.39, 0.29) is 5.82 Å². The number of benzene rings is 1. The van der Waals surface area contributed by atoms with E-state index < -0.39 is 0 Å². The van der Waals surface area contributed by atoms with Crippen LogP contribution in [0.1, 0.15) is 19.4 Å². The highest BCUT2D eigenvalue weighted by atomic mass is 19.1. The fourth-order valence-electron chi connectivity index (χ4n) is 1.64. The molecule has 0 atom stereocenters.